The normalized spacial score (nSPS) is 13.2. The van der Waals surface area contributed by atoms with Gasteiger partial charge in [-0.1, -0.05) is 0 Å². The van der Waals surface area contributed by atoms with Crippen LogP contribution in [0, 0.1) is 0 Å². The third-order valence-corrected chi connectivity index (χ3v) is 2.17. The van der Waals surface area contributed by atoms with Crippen LogP contribution >= 0.6 is 15.9 Å². The number of aliphatic hydroxyl groups excluding tert-OH is 1. The van der Waals surface area contributed by atoms with Gasteiger partial charge in [-0.15, -0.1) is 0 Å². The van der Waals surface area contributed by atoms with Crippen LogP contribution in [-0.2, 0) is 4.74 Å². The molecular formula is C9H13BrO3. The summed E-state index contributed by atoms with van der Waals surface area (Å²) >= 11 is 3.18. The third kappa shape index (κ3) is 3.50. The fourth-order valence-electron chi connectivity index (χ4n) is 1.07. The van der Waals surface area contributed by atoms with Crippen LogP contribution in [0.2, 0.25) is 0 Å². The van der Waals surface area contributed by atoms with E-state index in [1.807, 2.05) is 0 Å². The van der Waals surface area contributed by atoms with Gasteiger partial charge in [0.2, 0.25) is 0 Å². The Bertz CT molecular complexity index is 247. The van der Waals surface area contributed by atoms with E-state index in [4.69, 9.17) is 9.15 Å². The maximum absolute atomic E-state index is 9.59. The molecule has 1 atom stereocenters. The molecule has 4 heteroatoms. The highest BCUT2D eigenvalue weighted by Gasteiger charge is 2.10. The molecule has 1 rings (SSSR count). The SMILES string of the molecule is COCCCC(O)c1ccc(Br)o1. The Morgan fingerprint density at radius 2 is 2.38 bits per heavy atom. The number of hydrogen-bond donors (Lipinski definition) is 1. The number of hydrogen-bond acceptors (Lipinski definition) is 3. The molecule has 3 nitrogen and oxygen atoms in total. The van der Waals surface area contributed by atoms with Gasteiger partial charge in [-0.25, -0.2) is 0 Å². The van der Waals surface area contributed by atoms with Crippen LogP contribution in [0.25, 0.3) is 0 Å². The summed E-state index contributed by atoms with van der Waals surface area (Å²) in [6.45, 7) is 0.666. The molecule has 0 saturated carbocycles. The number of furan rings is 1. The summed E-state index contributed by atoms with van der Waals surface area (Å²) in [6, 6.07) is 3.54. The molecule has 0 fully saturated rings. The molecule has 0 aliphatic heterocycles. The van der Waals surface area contributed by atoms with E-state index >= 15 is 0 Å². The van der Waals surface area contributed by atoms with Gasteiger partial charge < -0.3 is 14.3 Å². The predicted octanol–water partition coefficient (Wildman–Crippen LogP) is 2.50. The summed E-state index contributed by atoms with van der Waals surface area (Å²) in [5.74, 6) is 0.600. The number of ether oxygens (including phenoxy) is 1. The standard InChI is InChI=1S/C9H13BrO3/c1-12-6-2-3-7(11)8-4-5-9(10)13-8/h4-5,7,11H,2-3,6H2,1H3. The zero-order chi connectivity index (χ0) is 9.68. The molecule has 1 heterocycles. The maximum Gasteiger partial charge on any atom is 0.169 e. The van der Waals surface area contributed by atoms with Gasteiger partial charge in [0, 0.05) is 13.7 Å². The molecule has 1 aromatic heterocycles. The number of aliphatic hydroxyl groups is 1. The molecule has 74 valence electrons. The molecule has 1 aromatic rings. The minimum Gasteiger partial charge on any atom is -0.452 e. The molecule has 13 heavy (non-hydrogen) atoms. The minimum absolute atomic E-state index is 0.526. The topological polar surface area (TPSA) is 42.6 Å². The Hall–Kier alpha value is -0.320. The van der Waals surface area contributed by atoms with E-state index in [1.165, 1.54) is 0 Å². The van der Waals surface area contributed by atoms with E-state index in [-0.39, 0.29) is 0 Å². The van der Waals surface area contributed by atoms with E-state index in [2.05, 4.69) is 15.9 Å². The van der Waals surface area contributed by atoms with Crippen LogP contribution in [0.1, 0.15) is 24.7 Å². The minimum atomic E-state index is -0.526. The maximum atomic E-state index is 9.59. The van der Waals surface area contributed by atoms with Crippen LogP contribution in [0.4, 0.5) is 0 Å². The van der Waals surface area contributed by atoms with E-state index < -0.39 is 6.10 Å². The Balaban J connectivity index is 2.35. The molecule has 0 saturated heterocycles. The van der Waals surface area contributed by atoms with Crippen molar-refractivity contribution < 1.29 is 14.3 Å². The van der Waals surface area contributed by atoms with Crippen molar-refractivity contribution in [1.29, 1.82) is 0 Å². The highest BCUT2D eigenvalue weighted by molar-refractivity contribution is 9.10. The fourth-order valence-corrected chi connectivity index (χ4v) is 1.39. The van der Waals surface area contributed by atoms with E-state index in [1.54, 1.807) is 19.2 Å². The van der Waals surface area contributed by atoms with Crippen LogP contribution in [0.3, 0.4) is 0 Å². The van der Waals surface area contributed by atoms with Gasteiger partial charge in [-0.2, -0.15) is 0 Å². The third-order valence-electron chi connectivity index (χ3n) is 1.75. The van der Waals surface area contributed by atoms with Crippen molar-refractivity contribution >= 4 is 15.9 Å². The van der Waals surface area contributed by atoms with Crippen molar-refractivity contribution in [3.8, 4) is 0 Å². The second-order valence-corrected chi connectivity index (χ2v) is 3.57. The van der Waals surface area contributed by atoms with Gasteiger partial charge in [-0.05, 0) is 40.9 Å². The number of halogens is 1. The lowest BCUT2D eigenvalue weighted by Crippen LogP contribution is -1.98. The van der Waals surface area contributed by atoms with Crippen molar-refractivity contribution in [2.75, 3.05) is 13.7 Å². The van der Waals surface area contributed by atoms with Crippen LogP contribution in [0.15, 0.2) is 21.2 Å². The fraction of sp³-hybridized carbons (Fsp3) is 0.556. The van der Waals surface area contributed by atoms with Crippen molar-refractivity contribution in [1.82, 2.24) is 0 Å². The van der Waals surface area contributed by atoms with Crippen molar-refractivity contribution in [3.63, 3.8) is 0 Å². The van der Waals surface area contributed by atoms with Crippen molar-refractivity contribution in [2.24, 2.45) is 0 Å². The first-order valence-corrected chi connectivity index (χ1v) is 4.95. The first kappa shape index (κ1) is 10.8. The van der Waals surface area contributed by atoms with Gasteiger partial charge in [0.15, 0.2) is 4.67 Å². The van der Waals surface area contributed by atoms with Crippen LogP contribution in [0.5, 0.6) is 0 Å². The zero-order valence-electron chi connectivity index (χ0n) is 7.50. The van der Waals surface area contributed by atoms with Gasteiger partial charge >= 0.3 is 0 Å². The van der Waals surface area contributed by atoms with E-state index in [0.29, 0.717) is 23.5 Å². The molecule has 1 unspecified atom stereocenters. The Morgan fingerprint density at radius 3 is 2.92 bits per heavy atom. The second kappa shape index (κ2) is 5.42. The second-order valence-electron chi connectivity index (χ2n) is 2.79. The van der Waals surface area contributed by atoms with Crippen molar-refractivity contribution in [3.05, 3.63) is 22.6 Å². The summed E-state index contributed by atoms with van der Waals surface area (Å²) < 4.78 is 10.7. The predicted molar refractivity (Wildman–Crippen MR) is 52.5 cm³/mol. The molecule has 0 aliphatic rings. The van der Waals surface area contributed by atoms with Gasteiger partial charge in [0.1, 0.15) is 11.9 Å². The largest absolute Gasteiger partial charge is 0.452 e. The number of rotatable bonds is 5. The van der Waals surface area contributed by atoms with E-state index in [0.717, 1.165) is 6.42 Å². The molecule has 0 amide bonds. The monoisotopic (exact) mass is 248 g/mol. The lowest BCUT2D eigenvalue weighted by molar-refractivity contribution is 0.117. The molecule has 0 bridgehead atoms. The Labute approximate surface area is 85.8 Å². The molecule has 0 spiro atoms. The average Bonchev–Trinajstić information content (AvgIpc) is 2.52. The summed E-state index contributed by atoms with van der Waals surface area (Å²) in [5.41, 5.74) is 0. The van der Waals surface area contributed by atoms with Gasteiger partial charge in [0.05, 0.1) is 0 Å². The van der Waals surface area contributed by atoms with Gasteiger partial charge in [-0.3, -0.25) is 0 Å². The lowest BCUT2D eigenvalue weighted by atomic mass is 10.1. The first-order valence-electron chi connectivity index (χ1n) is 4.16. The highest BCUT2D eigenvalue weighted by Crippen LogP contribution is 2.23. The summed E-state index contributed by atoms with van der Waals surface area (Å²) in [4.78, 5) is 0. The quantitative estimate of drug-likeness (QED) is 0.815. The zero-order valence-corrected chi connectivity index (χ0v) is 9.08. The first-order chi connectivity index (χ1) is 6.24. The molecule has 0 radical (unpaired) electrons. The van der Waals surface area contributed by atoms with Crippen LogP contribution in [-0.4, -0.2) is 18.8 Å². The molecular weight excluding hydrogens is 236 g/mol. The molecule has 0 aliphatic carbocycles. The Morgan fingerprint density at radius 1 is 1.62 bits per heavy atom. The Kier molecular flexibility index (Phi) is 4.48. The lowest BCUT2D eigenvalue weighted by Gasteiger charge is -2.06. The number of methoxy groups -OCH3 is 1. The smallest absolute Gasteiger partial charge is 0.169 e. The highest BCUT2D eigenvalue weighted by atomic mass is 79.9. The van der Waals surface area contributed by atoms with Crippen LogP contribution < -0.4 is 0 Å². The van der Waals surface area contributed by atoms with E-state index in [9.17, 15) is 5.11 Å². The molecule has 0 aromatic carbocycles. The summed E-state index contributed by atoms with van der Waals surface area (Å²) in [5, 5.41) is 9.59. The molecule has 1 N–H and O–H groups in total. The average molecular weight is 249 g/mol. The van der Waals surface area contributed by atoms with Gasteiger partial charge in [0.25, 0.3) is 0 Å². The summed E-state index contributed by atoms with van der Waals surface area (Å²) in [6.07, 6.45) is 0.963. The summed E-state index contributed by atoms with van der Waals surface area (Å²) in [7, 11) is 1.65. The van der Waals surface area contributed by atoms with Crippen molar-refractivity contribution in [2.45, 2.75) is 18.9 Å².